The molecule has 0 saturated heterocycles. The number of methoxy groups -OCH3 is 2. The topological polar surface area (TPSA) is 64.6 Å². The number of carbonyl (C=O) groups is 2. The monoisotopic (exact) mass is 331 g/mol. The molecule has 1 amide bonds. The summed E-state index contributed by atoms with van der Waals surface area (Å²) < 4.78 is 10.1. The maximum absolute atomic E-state index is 11.8. The molecule has 0 atom stereocenters. The Labute approximate surface area is 137 Å². The first kappa shape index (κ1) is 22.5. The van der Waals surface area contributed by atoms with Gasteiger partial charge in [-0.3, -0.25) is 9.59 Å². The summed E-state index contributed by atoms with van der Waals surface area (Å²) in [5.41, 5.74) is 0.232. The molecule has 126 valence electrons. The first-order chi connectivity index (χ1) is 10.5. The zero-order valence-corrected chi connectivity index (χ0v) is 15.1. The van der Waals surface area contributed by atoms with E-state index < -0.39 is 5.91 Å². The number of ketones is 1. The van der Waals surface area contributed by atoms with Gasteiger partial charge in [0, 0.05) is 6.07 Å². The van der Waals surface area contributed by atoms with Crippen molar-refractivity contribution in [3.05, 3.63) is 22.7 Å². The van der Waals surface area contributed by atoms with E-state index in [0.29, 0.717) is 11.5 Å². The molecule has 6 heteroatoms. The van der Waals surface area contributed by atoms with Crippen LogP contribution in [0.3, 0.4) is 0 Å². The van der Waals surface area contributed by atoms with Gasteiger partial charge in [-0.1, -0.05) is 39.3 Å². The Hall–Kier alpha value is -1.75. The van der Waals surface area contributed by atoms with Crippen LogP contribution in [0.25, 0.3) is 0 Å². The lowest BCUT2D eigenvalue weighted by Crippen LogP contribution is -2.28. The van der Waals surface area contributed by atoms with Gasteiger partial charge >= 0.3 is 0 Å². The van der Waals surface area contributed by atoms with Gasteiger partial charge in [-0.25, -0.2) is 0 Å². The summed E-state index contributed by atoms with van der Waals surface area (Å²) in [7, 11) is 2.94. The number of ether oxygens (including phenoxy) is 2. The molecule has 22 heavy (non-hydrogen) atoms. The van der Waals surface area contributed by atoms with Gasteiger partial charge in [-0.15, -0.1) is 0 Å². The first-order valence-corrected chi connectivity index (χ1v) is 7.56. The predicted molar refractivity (Wildman–Crippen MR) is 90.3 cm³/mol. The molecule has 0 aliphatic carbocycles. The molecule has 0 unspecified atom stereocenters. The molecule has 0 aliphatic rings. The van der Waals surface area contributed by atoms with Gasteiger partial charge in [0.15, 0.2) is 11.5 Å². The molecule has 0 radical (unpaired) electrons. The normalized spacial score (nSPS) is 8.55. The summed E-state index contributed by atoms with van der Waals surface area (Å²) in [5, 5.41) is 2.69. The van der Waals surface area contributed by atoms with Gasteiger partial charge < -0.3 is 14.8 Å². The van der Waals surface area contributed by atoms with Gasteiger partial charge in [0.1, 0.15) is 5.78 Å². The fourth-order valence-electron chi connectivity index (χ4n) is 1.33. The number of nitrogens with one attached hydrogen (secondary N) is 1. The van der Waals surface area contributed by atoms with E-state index in [1.807, 2.05) is 27.7 Å². The standard InChI is InChI=1S/C12H14ClNO4.2C2H6/c1-7(15)6-14-12(16)8-4-10(17-2)11(18-3)5-9(8)13;2*1-2/h4-5H,6H2,1-3H3,(H,14,16);2*1-2H3. The lowest BCUT2D eigenvalue weighted by atomic mass is 10.2. The van der Waals surface area contributed by atoms with Crippen LogP contribution in [0.5, 0.6) is 11.5 Å². The highest BCUT2D eigenvalue weighted by molar-refractivity contribution is 6.34. The van der Waals surface area contributed by atoms with Crippen molar-refractivity contribution in [1.29, 1.82) is 0 Å². The van der Waals surface area contributed by atoms with Crippen molar-refractivity contribution in [3.63, 3.8) is 0 Å². The van der Waals surface area contributed by atoms with Crippen LogP contribution in [0, 0.1) is 0 Å². The van der Waals surface area contributed by atoms with Crippen molar-refractivity contribution in [2.24, 2.45) is 0 Å². The molecule has 5 nitrogen and oxygen atoms in total. The van der Waals surface area contributed by atoms with Crippen molar-refractivity contribution < 1.29 is 19.1 Å². The van der Waals surface area contributed by atoms with Crippen molar-refractivity contribution >= 4 is 23.3 Å². The number of benzene rings is 1. The molecule has 0 fully saturated rings. The molecular weight excluding hydrogens is 306 g/mol. The molecule has 0 saturated carbocycles. The second-order valence-corrected chi connectivity index (χ2v) is 3.98. The minimum atomic E-state index is -0.434. The fraction of sp³-hybridized carbons (Fsp3) is 0.500. The Balaban J connectivity index is 0. The van der Waals surface area contributed by atoms with E-state index >= 15 is 0 Å². The predicted octanol–water partition coefficient (Wildman–Crippen LogP) is 3.73. The largest absolute Gasteiger partial charge is 0.493 e. The Morgan fingerprint density at radius 1 is 1.05 bits per heavy atom. The van der Waals surface area contributed by atoms with Crippen LogP contribution in [0.4, 0.5) is 0 Å². The Morgan fingerprint density at radius 3 is 1.91 bits per heavy atom. The van der Waals surface area contributed by atoms with Gasteiger partial charge in [0.25, 0.3) is 5.91 Å². The summed E-state index contributed by atoms with van der Waals surface area (Å²) >= 11 is 5.97. The van der Waals surface area contributed by atoms with E-state index in [4.69, 9.17) is 21.1 Å². The Bertz CT molecular complexity index is 475. The maximum Gasteiger partial charge on any atom is 0.253 e. The van der Waals surface area contributed by atoms with E-state index in [9.17, 15) is 9.59 Å². The summed E-state index contributed by atoms with van der Waals surface area (Å²) in [6, 6.07) is 2.96. The van der Waals surface area contributed by atoms with Gasteiger partial charge in [-0.2, -0.15) is 0 Å². The lowest BCUT2D eigenvalue weighted by molar-refractivity contribution is -0.116. The molecule has 0 heterocycles. The van der Waals surface area contributed by atoms with Crippen LogP contribution in [0.1, 0.15) is 45.0 Å². The molecule has 0 aliphatic heterocycles. The summed E-state index contributed by atoms with van der Waals surface area (Å²) in [4.78, 5) is 22.6. The van der Waals surface area contributed by atoms with Crippen molar-refractivity contribution in [2.45, 2.75) is 34.6 Å². The van der Waals surface area contributed by atoms with E-state index in [1.54, 1.807) is 0 Å². The second kappa shape index (κ2) is 13.0. The van der Waals surface area contributed by atoms with E-state index in [-0.39, 0.29) is 22.9 Å². The molecule has 0 aromatic heterocycles. The maximum atomic E-state index is 11.8. The van der Waals surface area contributed by atoms with Crippen LogP contribution < -0.4 is 14.8 Å². The molecule has 0 bridgehead atoms. The van der Waals surface area contributed by atoms with Crippen molar-refractivity contribution in [3.8, 4) is 11.5 Å². The molecule has 0 spiro atoms. The van der Waals surface area contributed by atoms with E-state index in [0.717, 1.165) is 0 Å². The summed E-state index contributed by atoms with van der Waals surface area (Å²) in [6.07, 6.45) is 0. The average molecular weight is 332 g/mol. The number of carbonyl (C=O) groups excluding carboxylic acids is 2. The minimum Gasteiger partial charge on any atom is -0.493 e. The third kappa shape index (κ3) is 7.31. The van der Waals surface area contributed by atoms with Gasteiger partial charge in [-0.05, 0) is 13.0 Å². The van der Waals surface area contributed by atoms with Crippen LogP contribution in [0.2, 0.25) is 5.02 Å². The zero-order valence-electron chi connectivity index (χ0n) is 14.4. The Morgan fingerprint density at radius 2 is 1.50 bits per heavy atom. The quantitative estimate of drug-likeness (QED) is 0.892. The SMILES string of the molecule is CC.CC.COc1cc(Cl)c(C(=O)NCC(C)=O)cc1OC. The third-order valence-corrected chi connectivity index (χ3v) is 2.53. The highest BCUT2D eigenvalue weighted by atomic mass is 35.5. The minimum absolute atomic E-state index is 0.0382. The molecule has 1 rings (SSSR count). The summed E-state index contributed by atoms with van der Waals surface area (Å²) in [5.74, 6) is 0.261. The average Bonchev–Trinajstić information content (AvgIpc) is 2.55. The first-order valence-electron chi connectivity index (χ1n) is 7.18. The molecule has 1 aromatic carbocycles. The smallest absolute Gasteiger partial charge is 0.253 e. The number of rotatable bonds is 5. The Kier molecular flexibility index (Phi) is 13.3. The molecule has 1 aromatic rings. The molecule has 1 N–H and O–H groups in total. The van der Waals surface area contributed by atoms with Crippen molar-refractivity contribution in [2.75, 3.05) is 20.8 Å². The van der Waals surface area contributed by atoms with Crippen LogP contribution >= 0.6 is 11.6 Å². The number of amides is 1. The van der Waals surface area contributed by atoms with Gasteiger partial charge in [0.05, 0.1) is 31.4 Å². The molecular formula is C16H26ClNO4. The highest BCUT2D eigenvalue weighted by Crippen LogP contribution is 2.32. The fourth-order valence-corrected chi connectivity index (χ4v) is 1.57. The second-order valence-electron chi connectivity index (χ2n) is 3.57. The van der Waals surface area contributed by atoms with Crippen LogP contribution in [0.15, 0.2) is 12.1 Å². The zero-order chi connectivity index (χ0) is 17.7. The number of halogens is 1. The van der Waals surface area contributed by atoms with Crippen molar-refractivity contribution in [1.82, 2.24) is 5.32 Å². The van der Waals surface area contributed by atoms with Crippen LogP contribution in [-0.4, -0.2) is 32.5 Å². The number of Topliss-reactive ketones (excluding diaryl/α,β-unsaturated/α-hetero) is 1. The lowest BCUT2D eigenvalue weighted by Gasteiger charge is -2.11. The third-order valence-electron chi connectivity index (χ3n) is 2.22. The number of hydrogen-bond acceptors (Lipinski definition) is 4. The number of hydrogen-bond donors (Lipinski definition) is 1. The van der Waals surface area contributed by atoms with E-state index in [1.165, 1.54) is 33.3 Å². The summed E-state index contributed by atoms with van der Waals surface area (Å²) in [6.45, 7) is 9.35. The highest BCUT2D eigenvalue weighted by Gasteiger charge is 2.15. The van der Waals surface area contributed by atoms with Crippen LogP contribution in [-0.2, 0) is 4.79 Å². The van der Waals surface area contributed by atoms with Gasteiger partial charge in [0.2, 0.25) is 0 Å². The van der Waals surface area contributed by atoms with E-state index in [2.05, 4.69) is 5.32 Å².